The van der Waals surface area contributed by atoms with Crippen LogP contribution in [0.5, 0.6) is 0 Å². The van der Waals surface area contributed by atoms with Crippen molar-refractivity contribution < 1.29 is 4.39 Å². The van der Waals surface area contributed by atoms with E-state index < -0.39 is 0 Å². The zero-order valence-corrected chi connectivity index (χ0v) is 9.65. The van der Waals surface area contributed by atoms with Gasteiger partial charge in [-0.3, -0.25) is 0 Å². The standard InChI is InChI=1S/C13H14FN3/c1-8-2-3-9(6-11(8)14)12-13(15)17(7-16-12)10-4-5-10/h2-3,6-7,10H,4-5,15H2,1H3. The van der Waals surface area contributed by atoms with Crippen LogP contribution in [0.3, 0.4) is 0 Å². The van der Waals surface area contributed by atoms with E-state index in [1.165, 1.54) is 6.07 Å². The summed E-state index contributed by atoms with van der Waals surface area (Å²) in [5, 5.41) is 0. The average Bonchev–Trinajstić information content (AvgIpc) is 3.07. The van der Waals surface area contributed by atoms with Crippen molar-refractivity contribution in [1.82, 2.24) is 9.55 Å². The number of halogens is 1. The summed E-state index contributed by atoms with van der Waals surface area (Å²) in [6.07, 6.45) is 4.06. The van der Waals surface area contributed by atoms with Crippen LogP contribution in [0.25, 0.3) is 11.3 Å². The maximum Gasteiger partial charge on any atom is 0.131 e. The average molecular weight is 231 g/mol. The lowest BCUT2D eigenvalue weighted by molar-refractivity contribution is 0.619. The molecular weight excluding hydrogens is 217 g/mol. The van der Waals surface area contributed by atoms with E-state index in [4.69, 9.17) is 5.73 Å². The largest absolute Gasteiger partial charge is 0.383 e. The molecule has 1 aromatic carbocycles. The minimum absolute atomic E-state index is 0.220. The monoisotopic (exact) mass is 231 g/mol. The zero-order valence-electron chi connectivity index (χ0n) is 9.65. The van der Waals surface area contributed by atoms with Crippen LogP contribution in [-0.2, 0) is 0 Å². The van der Waals surface area contributed by atoms with Crippen molar-refractivity contribution in [1.29, 1.82) is 0 Å². The molecule has 0 aliphatic heterocycles. The molecule has 0 saturated heterocycles. The fourth-order valence-corrected chi connectivity index (χ4v) is 1.98. The molecule has 1 heterocycles. The van der Waals surface area contributed by atoms with Crippen LogP contribution in [0.4, 0.5) is 10.2 Å². The van der Waals surface area contributed by atoms with Gasteiger partial charge in [-0.25, -0.2) is 9.37 Å². The number of benzene rings is 1. The van der Waals surface area contributed by atoms with Crippen LogP contribution >= 0.6 is 0 Å². The maximum atomic E-state index is 13.5. The predicted molar refractivity (Wildman–Crippen MR) is 65.0 cm³/mol. The third-order valence-electron chi connectivity index (χ3n) is 3.22. The summed E-state index contributed by atoms with van der Waals surface area (Å²) in [7, 11) is 0. The molecule has 0 atom stereocenters. The number of imidazole rings is 1. The Balaban J connectivity index is 2.05. The molecule has 4 heteroatoms. The Hall–Kier alpha value is -1.84. The molecule has 0 bridgehead atoms. The van der Waals surface area contributed by atoms with Crippen LogP contribution in [0.15, 0.2) is 24.5 Å². The molecule has 1 aliphatic rings. The summed E-state index contributed by atoms with van der Waals surface area (Å²) in [5.74, 6) is 0.415. The number of aryl methyl sites for hydroxylation is 1. The van der Waals surface area contributed by atoms with Crippen molar-refractivity contribution in [3.05, 3.63) is 35.9 Å². The Bertz CT molecular complexity index is 570. The highest BCUT2D eigenvalue weighted by Crippen LogP contribution is 2.39. The van der Waals surface area contributed by atoms with Gasteiger partial charge in [0.25, 0.3) is 0 Å². The van der Waals surface area contributed by atoms with E-state index in [9.17, 15) is 4.39 Å². The van der Waals surface area contributed by atoms with Gasteiger partial charge in [0, 0.05) is 11.6 Å². The van der Waals surface area contributed by atoms with Gasteiger partial charge in [-0.15, -0.1) is 0 Å². The van der Waals surface area contributed by atoms with Crippen LogP contribution in [0.2, 0.25) is 0 Å². The molecule has 0 unspecified atom stereocenters. The molecule has 0 amide bonds. The summed E-state index contributed by atoms with van der Waals surface area (Å²) in [5.41, 5.74) is 8.09. The van der Waals surface area contributed by atoms with Crippen molar-refractivity contribution >= 4 is 5.82 Å². The summed E-state index contributed by atoms with van der Waals surface area (Å²) >= 11 is 0. The molecule has 1 aliphatic carbocycles. The minimum atomic E-state index is -0.220. The molecule has 88 valence electrons. The van der Waals surface area contributed by atoms with Gasteiger partial charge in [0.15, 0.2) is 0 Å². The normalized spacial score (nSPS) is 15.2. The summed E-state index contributed by atoms with van der Waals surface area (Å²) in [6.45, 7) is 1.74. The number of aromatic nitrogens is 2. The zero-order chi connectivity index (χ0) is 12.0. The molecule has 0 radical (unpaired) electrons. The maximum absolute atomic E-state index is 13.5. The number of nitrogens with two attached hydrogens (primary N) is 1. The highest BCUT2D eigenvalue weighted by molar-refractivity contribution is 5.70. The fourth-order valence-electron chi connectivity index (χ4n) is 1.98. The van der Waals surface area contributed by atoms with Crippen molar-refractivity contribution in [2.45, 2.75) is 25.8 Å². The number of nitrogen functional groups attached to an aromatic ring is 1. The van der Waals surface area contributed by atoms with E-state index in [1.54, 1.807) is 19.3 Å². The molecule has 1 saturated carbocycles. The Kier molecular flexibility index (Phi) is 2.18. The first-order valence-corrected chi connectivity index (χ1v) is 5.75. The first kappa shape index (κ1) is 10.3. The molecule has 2 N–H and O–H groups in total. The lowest BCUT2D eigenvalue weighted by atomic mass is 10.1. The van der Waals surface area contributed by atoms with E-state index in [1.807, 2.05) is 10.6 Å². The summed E-state index contributed by atoms with van der Waals surface area (Å²) in [4.78, 5) is 4.29. The predicted octanol–water partition coefficient (Wildman–Crippen LogP) is 2.91. The van der Waals surface area contributed by atoms with Gasteiger partial charge >= 0.3 is 0 Å². The number of hydrogen-bond donors (Lipinski definition) is 1. The second kappa shape index (κ2) is 3.58. The molecule has 3 rings (SSSR count). The molecule has 2 aromatic rings. The van der Waals surface area contributed by atoms with E-state index in [-0.39, 0.29) is 5.82 Å². The van der Waals surface area contributed by atoms with Crippen molar-refractivity contribution in [2.24, 2.45) is 0 Å². The Morgan fingerprint density at radius 3 is 2.82 bits per heavy atom. The topological polar surface area (TPSA) is 43.8 Å². The second-order valence-electron chi connectivity index (χ2n) is 4.58. The van der Waals surface area contributed by atoms with Crippen LogP contribution in [0, 0.1) is 12.7 Å². The van der Waals surface area contributed by atoms with Crippen LogP contribution in [0.1, 0.15) is 24.4 Å². The molecule has 3 nitrogen and oxygen atoms in total. The first-order chi connectivity index (χ1) is 8.16. The minimum Gasteiger partial charge on any atom is -0.383 e. The molecule has 1 aromatic heterocycles. The van der Waals surface area contributed by atoms with E-state index in [0.29, 0.717) is 23.1 Å². The number of nitrogens with zero attached hydrogens (tertiary/aromatic N) is 2. The van der Waals surface area contributed by atoms with Crippen LogP contribution in [-0.4, -0.2) is 9.55 Å². The van der Waals surface area contributed by atoms with Crippen LogP contribution < -0.4 is 5.73 Å². The van der Waals surface area contributed by atoms with Crippen molar-refractivity contribution in [2.75, 3.05) is 5.73 Å². The first-order valence-electron chi connectivity index (χ1n) is 5.75. The van der Waals surface area contributed by atoms with Gasteiger partial charge in [-0.05, 0) is 31.4 Å². The Labute approximate surface area is 99.1 Å². The van der Waals surface area contributed by atoms with E-state index in [2.05, 4.69) is 4.98 Å². The molecular formula is C13H14FN3. The summed E-state index contributed by atoms with van der Waals surface area (Å²) < 4.78 is 15.5. The third-order valence-corrected chi connectivity index (χ3v) is 3.22. The highest BCUT2D eigenvalue weighted by Gasteiger charge is 2.26. The number of hydrogen-bond acceptors (Lipinski definition) is 2. The fraction of sp³-hybridized carbons (Fsp3) is 0.308. The van der Waals surface area contributed by atoms with Gasteiger partial charge < -0.3 is 10.3 Å². The second-order valence-corrected chi connectivity index (χ2v) is 4.58. The SMILES string of the molecule is Cc1ccc(-c2ncn(C3CC3)c2N)cc1F. The molecule has 17 heavy (non-hydrogen) atoms. The number of rotatable bonds is 2. The third kappa shape index (κ3) is 1.69. The smallest absolute Gasteiger partial charge is 0.131 e. The van der Waals surface area contributed by atoms with E-state index in [0.717, 1.165) is 18.4 Å². The van der Waals surface area contributed by atoms with Gasteiger partial charge in [-0.1, -0.05) is 12.1 Å². The Morgan fingerprint density at radius 1 is 1.41 bits per heavy atom. The Morgan fingerprint density at radius 2 is 2.18 bits per heavy atom. The van der Waals surface area contributed by atoms with E-state index >= 15 is 0 Å². The number of anilines is 1. The summed E-state index contributed by atoms with van der Waals surface area (Å²) in [6, 6.07) is 5.59. The molecule has 0 spiro atoms. The van der Waals surface area contributed by atoms with Gasteiger partial charge in [0.2, 0.25) is 0 Å². The van der Waals surface area contributed by atoms with Gasteiger partial charge in [-0.2, -0.15) is 0 Å². The van der Waals surface area contributed by atoms with Crippen molar-refractivity contribution in [3.8, 4) is 11.3 Å². The van der Waals surface area contributed by atoms with Crippen molar-refractivity contribution in [3.63, 3.8) is 0 Å². The van der Waals surface area contributed by atoms with Gasteiger partial charge in [0.1, 0.15) is 17.3 Å². The lowest BCUT2D eigenvalue weighted by Crippen LogP contribution is -1.99. The quantitative estimate of drug-likeness (QED) is 0.863. The van der Waals surface area contributed by atoms with Gasteiger partial charge in [0.05, 0.1) is 6.33 Å². The molecule has 1 fully saturated rings. The highest BCUT2D eigenvalue weighted by atomic mass is 19.1. The lowest BCUT2D eigenvalue weighted by Gasteiger charge is -2.04.